The number of nitrogens with zero attached hydrogens (tertiary/aromatic N) is 2. The van der Waals surface area contributed by atoms with Crippen molar-refractivity contribution in [3.8, 4) is 0 Å². The van der Waals surface area contributed by atoms with Gasteiger partial charge in [0.2, 0.25) is 0 Å². The summed E-state index contributed by atoms with van der Waals surface area (Å²) in [6, 6.07) is 21.8. The SMILES string of the molecule is C.C.C.CCCC=Cc1ccc(CN2C=CCC=C2CN(Cc2ccc(C)cc2C(F)(F)F)CC2C=Cc3ccccc3C2C)cc1. The Labute approximate surface area is 283 Å². The molecule has 0 amide bonds. The molecule has 254 valence electrons. The molecule has 3 aromatic rings. The van der Waals surface area contributed by atoms with Crippen LogP contribution in [0.1, 0.15) is 100 Å². The number of hydrogen-bond donors (Lipinski definition) is 0. The largest absolute Gasteiger partial charge is 0.416 e. The van der Waals surface area contributed by atoms with Crippen LogP contribution in [0.2, 0.25) is 0 Å². The predicted molar refractivity (Wildman–Crippen MR) is 197 cm³/mol. The molecule has 0 fully saturated rings. The maximum Gasteiger partial charge on any atom is 0.416 e. The van der Waals surface area contributed by atoms with Gasteiger partial charge in [0.05, 0.1) is 5.56 Å². The lowest BCUT2D eigenvalue weighted by Crippen LogP contribution is -2.36. The maximum atomic E-state index is 14.2. The normalized spacial score (nSPS) is 17.1. The monoisotopic (exact) mass is 644 g/mol. The molecule has 1 aliphatic heterocycles. The van der Waals surface area contributed by atoms with E-state index in [1.165, 1.54) is 28.3 Å². The minimum Gasteiger partial charge on any atom is -0.346 e. The van der Waals surface area contributed by atoms with Crippen LogP contribution in [0.25, 0.3) is 12.2 Å². The Morgan fingerprint density at radius 3 is 2.43 bits per heavy atom. The van der Waals surface area contributed by atoms with Crippen molar-refractivity contribution >= 4 is 12.2 Å². The summed E-state index contributed by atoms with van der Waals surface area (Å²) < 4.78 is 42.5. The van der Waals surface area contributed by atoms with Gasteiger partial charge in [0.25, 0.3) is 0 Å². The number of benzene rings is 3. The van der Waals surface area contributed by atoms with Gasteiger partial charge < -0.3 is 4.90 Å². The predicted octanol–water partition coefficient (Wildman–Crippen LogP) is 12.3. The van der Waals surface area contributed by atoms with Gasteiger partial charge in [-0.2, -0.15) is 13.2 Å². The fourth-order valence-corrected chi connectivity index (χ4v) is 6.20. The van der Waals surface area contributed by atoms with Gasteiger partial charge in [-0.3, -0.25) is 4.90 Å². The third-order valence-corrected chi connectivity index (χ3v) is 8.71. The van der Waals surface area contributed by atoms with Crippen molar-refractivity contribution in [2.24, 2.45) is 5.92 Å². The Morgan fingerprint density at radius 2 is 1.70 bits per heavy atom. The van der Waals surface area contributed by atoms with Crippen LogP contribution in [0.3, 0.4) is 0 Å². The van der Waals surface area contributed by atoms with E-state index in [4.69, 9.17) is 0 Å². The summed E-state index contributed by atoms with van der Waals surface area (Å²) in [4.78, 5) is 4.45. The second-order valence-electron chi connectivity index (χ2n) is 12.1. The summed E-state index contributed by atoms with van der Waals surface area (Å²) in [5, 5.41) is 0. The molecule has 0 saturated carbocycles. The van der Waals surface area contributed by atoms with Crippen LogP contribution >= 0.6 is 0 Å². The first kappa shape index (κ1) is 39.3. The highest BCUT2D eigenvalue weighted by atomic mass is 19.4. The van der Waals surface area contributed by atoms with E-state index < -0.39 is 11.7 Å². The average molecular weight is 645 g/mol. The smallest absolute Gasteiger partial charge is 0.346 e. The third kappa shape index (κ3) is 10.3. The second-order valence-corrected chi connectivity index (χ2v) is 12.1. The molecule has 1 aliphatic carbocycles. The topological polar surface area (TPSA) is 6.48 Å². The van der Waals surface area contributed by atoms with Crippen LogP contribution in [0.5, 0.6) is 0 Å². The zero-order chi connectivity index (χ0) is 31.1. The molecule has 1 heterocycles. The third-order valence-electron chi connectivity index (χ3n) is 8.71. The molecule has 2 unspecified atom stereocenters. The summed E-state index contributed by atoms with van der Waals surface area (Å²) in [7, 11) is 0. The number of unbranched alkanes of at least 4 members (excludes halogenated alkanes) is 1. The van der Waals surface area contributed by atoms with Crippen LogP contribution in [0.4, 0.5) is 13.2 Å². The minimum absolute atomic E-state index is 0. The van der Waals surface area contributed by atoms with Gasteiger partial charge in [0, 0.05) is 38.1 Å². The molecular formula is C42H55F3N2. The van der Waals surface area contributed by atoms with E-state index in [-0.39, 0.29) is 40.7 Å². The van der Waals surface area contributed by atoms with Gasteiger partial charge in [0.1, 0.15) is 0 Å². The van der Waals surface area contributed by atoms with Crippen LogP contribution in [-0.4, -0.2) is 22.9 Å². The van der Waals surface area contributed by atoms with Gasteiger partial charge in [-0.05, 0) is 65.5 Å². The molecule has 0 N–H and O–H groups in total. The van der Waals surface area contributed by atoms with Gasteiger partial charge >= 0.3 is 6.18 Å². The van der Waals surface area contributed by atoms with Crippen molar-refractivity contribution in [1.29, 1.82) is 0 Å². The van der Waals surface area contributed by atoms with Crippen LogP contribution in [0.15, 0.2) is 103 Å². The van der Waals surface area contributed by atoms with Crippen molar-refractivity contribution in [2.75, 3.05) is 13.1 Å². The quantitative estimate of drug-likeness (QED) is 0.205. The molecule has 2 nitrogen and oxygen atoms in total. The number of allylic oxidation sites excluding steroid dienone is 3. The first-order valence-corrected chi connectivity index (χ1v) is 15.7. The molecule has 2 atom stereocenters. The highest BCUT2D eigenvalue weighted by molar-refractivity contribution is 5.58. The van der Waals surface area contributed by atoms with Crippen LogP contribution in [-0.2, 0) is 19.3 Å². The highest BCUT2D eigenvalue weighted by Gasteiger charge is 2.34. The molecule has 0 bridgehead atoms. The van der Waals surface area contributed by atoms with Gasteiger partial charge in [-0.15, -0.1) is 0 Å². The molecular weight excluding hydrogens is 589 g/mol. The van der Waals surface area contributed by atoms with E-state index in [1.807, 2.05) is 6.07 Å². The molecule has 0 spiro atoms. The second kappa shape index (κ2) is 17.9. The molecule has 5 rings (SSSR count). The Hall–Kier alpha value is -3.83. The number of halogens is 3. The zero-order valence-corrected chi connectivity index (χ0v) is 26.0. The number of aryl methyl sites for hydroxylation is 1. The Kier molecular flexibility index (Phi) is 15.0. The minimum atomic E-state index is -4.40. The fourth-order valence-electron chi connectivity index (χ4n) is 6.20. The summed E-state index contributed by atoms with van der Waals surface area (Å²) in [6.07, 6.45) is 13.9. The standard InChI is InChI=1S/C39H43F3N2.3CH4/c1-4-5-6-11-31-16-18-32(19-17-31)25-44-23-10-9-13-36(44)28-43(27-35-20-15-29(2)24-38(35)39(40,41)42)26-34-22-21-33-12-7-8-14-37(33)30(34)3;;;/h6-8,10-24,30,34H,4-5,9,25-28H2,1-3H3;3*1H4. The summed E-state index contributed by atoms with van der Waals surface area (Å²) in [5.41, 5.74) is 6.41. The van der Waals surface area contributed by atoms with E-state index in [0.29, 0.717) is 30.8 Å². The summed E-state index contributed by atoms with van der Waals surface area (Å²) in [5.74, 6) is 0.450. The molecule has 2 aliphatic rings. The van der Waals surface area contributed by atoms with E-state index in [0.717, 1.165) is 25.0 Å². The van der Waals surface area contributed by atoms with Crippen LogP contribution < -0.4 is 0 Å². The molecule has 0 radical (unpaired) electrons. The maximum absolute atomic E-state index is 14.2. The average Bonchev–Trinajstić information content (AvgIpc) is 3.01. The fraction of sp³-hybridized carbons (Fsp3) is 0.381. The summed E-state index contributed by atoms with van der Waals surface area (Å²) in [6.45, 7) is 8.27. The molecule has 0 aromatic heterocycles. The van der Waals surface area contributed by atoms with Crippen molar-refractivity contribution in [3.05, 3.63) is 142 Å². The lowest BCUT2D eigenvalue weighted by molar-refractivity contribution is -0.138. The van der Waals surface area contributed by atoms with Gasteiger partial charge in [-0.25, -0.2) is 0 Å². The van der Waals surface area contributed by atoms with Gasteiger partial charge in [-0.1, -0.05) is 145 Å². The Balaban J connectivity index is 0.00000256. The summed E-state index contributed by atoms with van der Waals surface area (Å²) >= 11 is 0. The Bertz CT molecular complexity index is 1530. The van der Waals surface area contributed by atoms with Crippen molar-refractivity contribution in [1.82, 2.24) is 9.80 Å². The van der Waals surface area contributed by atoms with Crippen molar-refractivity contribution < 1.29 is 13.2 Å². The van der Waals surface area contributed by atoms with Crippen molar-refractivity contribution in [3.63, 3.8) is 0 Å². The molecule has 3 aromatic carbocycles. The highest BCUT2D eigenvalue weighted by Crippen LogP contribution is 2.36. The number of hydrogen-bond acceptors (Lipinski definition) is 2. The molecule has 5 heteroatoms. The lowest BCUT2D eigenvalue weighted by Gasteiger charge is -2.35. The number of fused-ring (bicyclic) bond motifs is 1. The lowest BCUT2D eigenvalue weighted by atomic mass is 9.80. The molecule has 47 heavy (non-hydrogen) atoms. The first-order valence-electron chi connectivity index (χ1n) is 15.7. The van der Waals surface area contributed by atoms with Crippen molar-refractivity contribution in [2.45, 2.75) is 87.5 Å². The van der Waals surface area contributed by atoms with E-state index in [1.54, 1.807) is 19.1 Å². The van der Waals surface area contributed by atoms with Crippen LogP contribution in [0, 0.1) is 12.8 Å². The van der Waals surface area contributed by atoms with E-state index in [9.17, 15) is 13.2 Å². The first-order chi connectivity index (χ1) is 21.2. The molecule has 0 saturated heterocycles. The number of rotatable bonds is 11. The van der Waals surface area contributed by atoms with E-state index in [2.05, 4.69) is 109 Å². The number of alkyl halides is 3. The zero-order valence-electron chi connectivity index (χ0n) is 26.0. The Morgan fingerprint density at radius 1 is 0.957 bits per heavy atom. The van der Waals surface area contributed by atoms with Gasteiger partial charge in [0.15, 0.2) is 0 Å². The van der Waals surface area contributed by atoms with E-state index >= 15 is 0 Å².